The van der Waals surface area contributed by atoms with Crippen molar-refractivity contribution in [2.24, 2.45) is 11.8 Å². The first-order chi connectivity index (χ1) is 7.15. The summed E-state index contributed by atoms with van der Waals surface area (Å²) in [4.78, 5) is 13.7. The standard InChI is InChI=1S/C13H23NO/c1-4-6-13(15)14-9-5-7-12(8-10-14)11(2)3/h4,6,11-12H,5,7-10H2,1-3H3/b6-4+. The molecule has 1 saturated heterocycles. The van der Waals surface area contributed by atoms with Crippen molar-refractivity contribution in [3.05, 3.63) is 12.2 Å². The second kappa shape index (κ2) is 5.94. The van der Waals surface area contributed by atoms with Gasteiger partial charge in [0.2, 0.25) is 5.91 Å². The highest BCUT2D eigenvalue weighted by atomic mass is 16.2. The summed E-state index contributed by atoms with van der Waals surface area (Å²) in [5, 5.41) is 0. The number of likely N-dealkylation sites (tertiary alicyclic amines) is 1. The van der Waals surface area contributed by atoms with Gasteiger partial charge in [0.25, 0.3) is 0 Å². The van der Waals surface area contributed by atoms with E-state index in [0.29, 0.717) is 0 Å². The number of allylic oxidation sites excluding steroid dienone is 1. The van der Waals surface area contributed by atoms with E-state index in [-0.39, 0.29) is 5.91 Å². The summed E-state index contributed by atoms with van der Waals surface area (Å²) in [5.41, 5.74) is 0. The van der Waals surface area contributed by atoms with Crippen LogP contribution in [-0.4, -0.2) is 23.9 Å². The fraction of sp³-hybridized carbons (Fsp3) is 0.769. The van der Waals surface area contributed by atoms with Gasteiger partial charge in [0.05, 0.1) is 0 Å². The van der Waals surface area contributed by atoms with Crippen LogP contribution in [-0.2, 0) is 4.79 Å². The molecule has 0 spiro atoms. The Hall–Kier alpha value is -0.790. The number of carbonyl (C=O) groups excluding carboxylic acids is 1. The second-order valence-corrected chi connectivity index (χ2v) is 4.76. The third kappa shape index (κ3) is 3.69. The van der Waals surface area contributed by atoms with Gasteiger partial charge in [0, 0.05) is 13.1 Å². The molecule has 0 N–H and O–H groups in total. The summed E-state index contributed by atoms with van der Waals surface area (Å²) >= 11 is 0. The van der Waals surface area contributed by atoms with E-state index in [1.807, 2.05) is 17.9 Å². The van der Waals surface area contributed by atoms with Crippen LogP contribution in [0.3, 0.4) is 0 Å². The lowest BCUT2D eigenvalue weighted by Gasteiger charge is -2.20. The zero-order valence-electron chi connectivity index (χ0n) is 10.2. The molecule has 1 amide bonds. The molecule has 0 aromatic carbocycles. The lowest BCUT2D eigenvalue weighted by Crippen LogP contribution is -2.30. The lowest BCUT2D eigenvalue weighted by atomic mass is 9.89. The first-order valence-electron chi connectivity index (χ1n) is 6.06. The fourth-order valence-corrected chi connectivity index (χ4v) is 2.26. The SMILES string of the molecule is C/C=C/C(=O)N1CCCC(C(C)C)CC1. The van der Waals surface area contributed by atoms with Crippen LogP contribution in [0, 0.1) is 11.8 Å². The molecule has 0 aromatic rings. The average molecular weight is 209 g/mol. The number of rotatable bonds is 2. The minimum atomic E-state index is 0.182. The molecular weight excluding hydrogens is 186 g/mol. The van der Waals surface area contributed by atoms with Crippen LogP contribution in [0.25, 0.3) is 0 Å². The van der Waals surface area contributed by atoms with Gasteiger partial charge in [-0.3, -0.25) is 4.79 Å². The van der Waals surface area contributed by atoms with Crippen LogP contribution in [0.5, 0.6) is 0 Å². The molecule has 1 unspecified atom stereocenters. The molecule has 86 valence electrons. The highest BCUT2D eigenvalue weighted by Gasteiger charge is 2.20. The Balaban J connectivity index is 2.49. The van der Waals surface area contributed by atoms with E-state index in [1.54, 1.807) is 6.08 Å². The predicted molar refractivity (Wildman–Crippen MR) is 63.6 cm³/mol. The molecule has 0 aliphatic carbocycles. The van der Waals surface area contributed by atoms with Crippen LogP contribution in [0.1, 0.15) is 40.0 Å². The molecule has 2 heteroatoms. The smallest absolute Gasteiger partial charge is 0.246 e. The second-order valence-electron chi connectivity index (χ2n) is 4.76. The third-order valence-corrected chi connectivity index (χ3v) is 3.34. The Morgan fingerprint density at radius 1 is 1.33 bits per heavy atom. The van der Waals surface area contributed by atoms with Crippen molar-refractivity contribution >= 4 is 5.91 Å². The molecule has 0 bridgehead atoms. The van der Waals surface area contributed by atoms with Gasteiger partial charge in [-0.25, -0.2) is 0 Å². The molecule has 1 atom stereocenters. The summed E-state index contributed by atoms with van der Waals surface area (Å²) in [6, 6.07) is 0. The summed E-state index contributed by atoms with van der Waals surface area (Å²) in [6.45, 7) is 8.34. The van der Waals surface area contributed by atoms with E-state index < -0.39 is 0 Å². The molecule has 15 heavy (non-hydrogen) atoms. The van der Waals surface area contributed by atoms with Gasteiger partial charge in [0.1, 0.15) is 0 Å². The maximum atomic E-state index is 11.7. The van der Waals surface area contributed by atoms with E-state index in [0.717, 1.165) is 31.3 Å². The van der Waals surface area contributed by atoms with Gasteiger partial charge in [-0.15, -0.1) is 0 Å². The summed E-state index contributed by atoms with van der Waals surface area (Å²) in [6.07, 6.45) is 7.10. The molecule has 0 aromatic heterocycles. The van der Waals surface area contributed by atoms with E-state index >= 15 is 0 Å². The molecule has 1 heterocycles. The van der Waals surface area contributed by atoms with E-state index in [9.17, 15) is 4.79 Å². The number of nitrogens with zero attached hydrogens (tertiary/aromatic N) is 1. The van der Waals surface area contributed by atoms with Gasteiger partial charge in [-0.05, 0) is 44.1 Å². The van der Waals surface area contributed by atoms with Crippen molar-refractivity contribution in [2.45, 2.75) is 40.0 Å². The van der Waals surface area contributed by atoms with Crippen LogP contribution in [0.2, 0.25) is 0 Å². The number of hydrogen-bond donors (Lipinski definition) is 0. The minimum Gasteiger partial charge on any atom is -0.339 e. The van der Waals surface area contributed by atoms with Crippen LogP contribution in [0.15, 0.2) is 12.2 Å². The van der Waals surface area contributed by atoms with Crippen molar-refractivity contribution in [1.29, 1.82) is 0 Å². The number of hydrogen-bond acceptors (Lipinski definition) is 1. The van der Waals surface area contributed by atoms with Gasteiger partial charge in [0.15, 0.2) is 0 Å². The van der Waals surface area contributed by atoms with Crippen molar-refractivity contribution in [3.63, 3.8) is 0 Å². The Morgan fingerprint density at radius 3 is 2.67 bits per heavy atom. The molecule has 0 saturated carbocycles. The first-order valence-corrected chi connectivity index (χ1v) is 6.06. The fourth-order valence-electron chi connectivity index (χ4n) is 2.26. The normalized spacial score (nSPS) is 23.5. The first kappa shape index (κ1) is 12.3. The van der Waals surface area contributed by atoms with E-state index in [2.05, 4.69) is 13.8 Å². The van der Waals surface area contributed by atoms with Crippen molar-refractivity contribution in [3.8, 4) is 0 Å². The predicted octanol–water partition coefficient (Wildman–Crippen LogP) is 2.85. The largest absolute Gasteiger partial charge is 0.339 e. The Bertz CT molecular complexity index is 233. The highest BCUT2D eigenvalue weighted by Crippen LogP contribution is 2.24. The minimum absolute atomic E-state index is 0.182. The average Bonchev–Trinajstić information content (AvgIpc) is 2.43. The molecule has 1 fully saturated rings. The maximum absolute atomic E-state index is 11.7. The van der Waals surface area contributed by atoms with Crippen LogP contribution >= 0.6 is 0 Å². The van der Waals surface area contributed by atoms with E-state index in [1.165, 1.54) is 12.8 Å². The Kier molecular flexibility index (Phi) is 4.86. The molecule has 2 nitrogen and oxygen atoms in total. The van der Waals surface area contributed by atoms with Crippen molar-refractivity contribution in [2.75, 3.05) is 13.1 Å². The zero-order chi connectivity index (χ0) is 11.3. The van der Waals surface area contributed by atoms with Crippen LogP contribution in [0.4, 0.5) is 0 Å². The number of amides is 1. The maximum Gasteiger partial charge on any atom is 0.246 e. The van der Waals surface area contributed by atoms with Gasteiger partial charge in [-0.2, -0.15) is 0 Å². The Morgan fingerprint density at radius 2 is 2.07 bits per heavy atom. The quantitative estimate of drug-likeness (QED) is 0.640. The van der Waals surface area contributed by atoms with Gasteiger partial charge < -0.3 is 4.90 Å². The van der Waals surface area contributed by atoms with Gasteiger partial charge >= 0.3 is 0 Å². The lowest BCUT2D eigenvalue weighted by molar-refractivity contribution is -0.126. The molecule has 1 rings (SSSR count). The van der Waals surface area contributed by atoms with Crippen molar-refractivity contribution in [1.82, 2.24) is 4.90 Å². The van der Waals surface area contributed by atoms with E-state index in [4.69, 9.17) is 0 Å². The van der Waals surface area contributed by atoms with Crippen molar-refractivity contribution < 1.29 is 4.79 Å². The highest BCUT2D eigenvalue weighted by molar-refractivity contribution is 5.87. The molecule has 1 aliphatic rings. The molecule has 0 radical (unpaired) electrons. The third-order valence-electron chi connectivity index (χ3n) is 3.34. The summed E-state index contributed by atoms with van der Waals surface area (Å²) in [7, 11) is 0. The van der Waals surface area contributed by atoms with Gasteiger partial charge in [-0.1, -0.05) is 19.9 Å². The monoisotopic (exact) mass is 209 g/mol. The molecule has 1 aliphatic heterocycles. The summed E-state index contributed by atoms with van der Waals surface area (Å²) < 4.78 is 0. The molecular formula is C13H23NO. The topological polar surface area (TPSA) is 20.3 Å². The Labute approximate surface area is 93.3 Å². The van der Waals surface area contributed by atoms with Crippen LogP contribution < -0.4 is 0 Å². The summed E-state index contributed by atoms with van der Waals surface area (Å²) in [5.74, 6) is 1.73. The number of carbonyl (C=O) groups is 1. The zero-order valence-corrected chi connectivity index (χ0v) is 10.2.